The van der Waals surface area contributed by atoms with Crippen molar-refractivity contribution in [1.82, 2.24) is 0 Å². The molecule has 1 fully saturated rings. The molecule has 0 bridgehead atoms. The predicted octanol–water partition coefficient (Wildman–Crippen LogP) is 5.63. The van der Waals surface area contributed by atoms with Crippen LogP contribution >= 0.6 is 0 Å². The molecule has 5 rings (SSSR count). The summed E-state index contributed by atoms with van der Waals surface area (Å²) in [5, 5.41) is 0. The zero-order chi connectivity index (χ0) is 23.0. The summed E-state index contributed by atoms with van der Waals surface area (Å²) in [4.78, 5) is 0.343. The molecule has 2 aliphatic heterocycles. The van der Waals surface area contributed by atoms with Crippen molar-refractivity contribution in [2.24, 2.45) is 5.92 Å². The van der Waals surface area contributed by atoms with Gasteiger partial charge in [-0.3, -0.25) is 4.31 Å². The van der Waals surface area contributed by atoms with Crippen LogP contribution < -0.4 is 4.31 Å². The second-order valence-electron chi connectivity index (χ2n) is 9.40. The van der Waals surface area contributed by atoms with Crippen molar-refractivity contribution in [3.05, 3.63) is 95.1 Å². The van der Waals surface area contributed by atoms with Gasteiger partial charge in [0.05, 0.1) is 16.7 Å². The maximum absolute atomic E-state index is 13.8. The molecule has 0 aliphatic carbocycles. The van der Waals surface area contributed by atoms with E-state index in [1.165, 1.54) is 5.56 Å². The summed E-state index contributed by atoms with van der Waals surface area (Å²) >= 11 is 0. The van der Waals surface area contributed by atoms with Crippen molar-refractivity contribution in [1.29, 1.82) is 0 Å². The van der Waals surface area contributed by atoms with Crippen LogP contribution in [0.25, 0.3) is 0 Å². The van der Waals surface area contributed by atoms with Crippen molar-refractivity contribution in [3.8, 4) is 0 Å². The molecule has 0 radical (unpaired) electrons. The summed E-state index contributed by atoms with van der Waals surface area (Å²) in [6.45, 7) is 5.22. The fourth-order valence-electron chi connectivity index (χ4n) is 5.38. The second kappa shape index (κ2) is 8.96. The Balaban J connectivity index is 1.51. The second-order valence-corrected chi connectivity index (χ2v) is 11.3. The quantitative estimate of drug-likeness (QED) is 0.494. The maximum atomic E-state index is 13.8. The molecule has 3 aromatic carbocycles. The van der Waals surface area contributed by atoms with E-state index in [9.17, 15) is 8.42 Å². The Morgan fingerprint density at radius 3 is 2.42 bits per heavy atom. The topological polar surface area (TPSA) is 46.6 Å². The first-order valence-electron chi connectivity index (χ1n) is 11.8. The van der Waals surface area contributed by atoms with E-state index in [-0.39, 0.29) is 12.0 Å². The van der Waals surface area contributed by atoms with E-state index in [1.54, 1.807) is 16.4 Å². The monoisotopic (exact) mass is 461 g/mol. The van der Waals surface area contributed by atoms with E-state index in [0.29, 0.717) is 17.4 Å². The third-order valence-electron chi connectivity index (χ3n) is 7.15. The van der Waals surface area contributed by atoms with Crippen molar-refractivity contribution in [2.45, 2.75) is 50.0 Å². The molecule has 3 aromatic rings. The Bertz CT molecular complexity index is 1220. The Morgan fingerprint density at radius 1 is 0.939 bits per heavy atom. The third kappa shape index (κ3) is 4.32. The van der Waals surface area contributed by atoms with Crippen LogP contribution in [-0.4, -0.2) is 27.7 Å². The van der Waals surface area contributed by atoms with Crippen molar-refractivity contribution < 1.29 is 13.2 Å². The summed E-state index contributed by atoms with van der Waals surface area (Å²) in [7, 11) is -3.67. The van der Waals surface area contributed by atoms with Crippen LogP contribution in [0.3, 0.4) is 0 Å². The van der Waals surface area contributed by atoms with Crippen LogP contribution in [0.2, 0.25) is 0 Å². The average Bonchev–Trinajstić information content (AvgIpc) is 2.83. The molecule has 172 valence electrons. The fraction of sp³-hybridized carbons (Fsp3) is 0.357. The highest BCUT2D eigenvalue weighted by atomic mass is 32.2. The minimum absolute atomic E-state index is 0.0355. The number of nitrogens with zero attached hydrogens (tertiary/aromatic N) is 1. The molecular weight excluding hydrogens is 430 g/mol. The van der Waals surface area contributed by atoms with Crippen LogP contribution in [0.4, 0.5) is 5.69 Å². The van der Waals surface area contributed by atoms with Gasteiger partial charge in [-0.25, -0.2) is 8.42 Å². The lowest BCUT2D eigenvalue weighted by Crippen LogP contribution is -2.49. The number of benzene rings is 3. The molecule has 0 spiro atoms. The SMILES string of the molecule is Cc1ccc(S(=O)(=O)N2C[C@@H]3[C@@H](CCc4ccccc4)OCC[C@H]3c3cc(C)ccc32)cc1. The molecule has 3 atom stereocenters. The van der Waals surface area contributed by atoms with Crippen molar-refractivity contribution >= 4 is 15.7 Å². The summed E-state index contributed by atoms with van der Waals surface area (Å²) in [5.74, 6) is 0.455. The van der Waals surface area contributed by atoms with E-state index >= 15 is 0 Å². The maximum Gasteiger partial charge on any atom is 0.264 e. The summed E-state index contributed by atoms with van der Waals surface area (Å²) in [5.41, 5.74) is 5.47. The molecule has 0 amide bonds. The van der Waals surface area contributed by atoms with E-state index < -0.39 is 10.0 Å². The molecule has 5 heteroatoms. The lowest BCUT2D eigenvalue weighted by Gasteiger charge is -2.46. The number of sulfonamides is 1. The summed E-state index contributed by atoms with van der Waals surface area (Å²) < 4.78 is 35.5. The average molecular weight is 462 g/mol. The van der Waals surface area contributed by atoms with Gasteiger partial charge in [-0.15, -0.1) is 0 Å². The van der Waals surface area contributed by atoms with Crippen molar-refractivity contribution in [2.75, 3.05) is 17.5 Å². The van der Waals surface area contributed by atoms with Crippen LogP contribution in [0.15, 0.2) is 77.7 Å². The molecule has 0 unspecified atom stereocenters. The highest BCUT2D eigenvalue weighted by Crippen LogP contribution is 2.47. The first-order chi connectivity index (χ1) is 15.9. The number of hydrogen-bond donors (Lipinski definition) is 0. The van der Waals surface area contributed by atoms with Gasteiger partial charge in [0.25, 0.3) is 10.0 Å². The molecule has 2 heterocycles. The number of aryl methyl sites for hydroxylation is 3. The largest absolute Gasteiger partial charge is 0.378 e. The summed E-state index contributed by atoms with van der Waals surface area (Å²) in [6.07, 6.45) is 2.79. The minimum atomic E-state index is -3.67. The van der Waals surface area contributed by atoms with Crippen LogP contribution in [-0.2, 0) is 21.2 Å². The minimum Gasteiger partial charge on any atom is -0.378 e. The van der Waals surface area contributed by atoms with Gasteiger partial charge in [0.15, 0.2) is 0 Å². The number of rotatable bonds is 5. The van der Waals surface area contributed by atoms with Gasteiger partial charge in [0.2, 0.25) is 0 Å². The molecule has 0 saturated carbocycles. The molecular formula is C28H31NO3S. The molecule has 0 N–H and O–H groups in total. The van der Waals surface area contributed by atoms with Gasteiger partial charge >= 0.3 is 0 Å². The Kier molecular flexibility index (Phi) is 6.02. The number of anilines is 1. The number of ether oxygens (including phenoxy) is 1. The highest BCUT2D eigenvalue weighted by Gasteiger charge is 2.44. The first-order valence-corrected chi connectivity index (χ1v) is 13.2. The first kappa shape index (κ1) is 22.2. The normalized spacial score (nSPS) is 22.5. The summed E-state index contributed by atoms with van der Waals surface area (Å²) in [6, 6.07) is 23.8. The van der Waals surface area contributed by atoms with E-state index in [1.807, 2.05) is 37.3 Å². The van der Waals surface area contributed by atoms with E-state index in [4.69, 9.17) is 4.74 Å². The molecule has 2 aliphatic rings. The third-order valence-corrected chi connectivity index (χ3v) is 8.95. The highest BCUT2D eigenvalue weighted by molar-refractivity contribution is 7.92. The van der Waals surface area contributed by atoms with Crippen LogP contribution in [0.5, 0.6) is 0 Å². The molecule has 1 saturated heterocycles. The number of hydrogen-bond acceptors (Lipinski definition) is 3. The lowest BCUT2D eigenvalue weighted by atomic mass is 9.74. The fourth-order valence-corrected chi connectivity index (χ4v) is 6.91. The molecule has 33 heavy (non-hydrogen) atoms. The molecule has 4 nitrogen and oxygen atoms in total. The van der Waals surface area contributed by atoms with Gasteiger partial charge in [0.1, 0.15) is 0 Å². The zero-order valence-corrected chi connectivity index (χ0v) is 20.1. The standard InChI is InChI=1S/C28H31NO3S/c1-20-8-12-23(13-9-20)33(30,31)29-19-26-24(25-18-21(2)10-14-27(25)29)16-17-32-28(26)15-11-22-6-4-3-5-7-22/h3-10,12-14,18,24,26,28H,11,15-17,19H2,1-2H3/t24-,26-,28+/m0/s1. The van der Waals surface area contributed by atoms with E-state index in [2.05, 4.69) is 37.3 Å². The van der Waals surface area contributed by atoms with Gasteiger partial charge < -0.3 is 4.74 Å². The Morgan fingerprint density at radius 2 is 1.67 bits per heavy atom. The lowest BCUT2D eigenvalue weighted by molar-refractivity contribution is -0.0401. The van der Waals surface area contributed by atoms with Gasteiger partial charge in [-0.2, -0.15) is 0 Å². The van der Waals surface area contributed by atoms with Crippen molar-refractivity contribution in [3.63, 3.8) is 0 Å². The van der Waals surface area contributed by atoms with E-state index in [0.717, 1.165) is 48.2 Å². The van der Waals surface area contributed by atoms with Crippen LogP contribution in [0.1, 0.15) is 41.0 Å². The Hall–Kier alpha value is -2.63. The van der Waals surface area contributed by atoms with Gasteiger partial charge in [0, 0.05) is 19.1 Å². The van der Waals surface area contributed by atoms with Gasteiger partial charge in [-0.05, 0) is 68.4 Å². The van der Waals surface area contributed by atoms with Gasteiger partial charge in [-0.1, -0.05) is 65.7 Å². The van der Waals surface area contributed by atoms with Crippen LogP contribution in [0, 0.1) is 19.8 Å². The zero-order valence-electron chi connectivity index (χ0n) is 19.3. The smallest absolute Gasteiger partial charge is 0.264 e. The Labute approximate surface area is 197 Å². The number of fused-ring (bicyclic) bond motifs is 3. The predicted molar refractivity (Wildman–Crippen MR) is 132 cm³/mol. The molecule has 0 aromatic heterocycles.